The van der Waals surface area contributed by atoms with Crippen molar-refractivity contribution in [2.24, 2.45) is 14.1 Å². The molecule has 0 atom stereocenters. The summed E-state index contributed by atoms with van der Waals surface area (Å²) < 4.78 is 2.85. The van der Waals surface area contributed by atoms with Crippen molar-refractivity contribution >= 4 is 28.8 Å². The van der Waals surface area contributed by atoms with E-state index in [1.54, 1.807) is 25.0 Å². The molecule has 3 aromatic heterocycles. The summed E-state index contributed by atoms with van der Waals surface area (Å²) in [5.41, 5.74) is 0.227. The molecule has 0 radical (unpaired) electrons. The van der Waals surface area contributed by atoms with Crippen LogP contribution in [-0.4, -0.2) is 40.6 Å². The van der Waals surface area contributed by atoms with Gasteiger partial charge in [0.25, 0.3) is 0 Å². The maximum Gasteiger partial charge on any atom is 0.343 e. The lowest BCUT2D eigenvalue weighted by Gasteiger charge is -2.06. The lowest BCUT2D eigenvalue weighted by atomic mass is 10.2. The monoisotopic (exact) mass is 306 g/mol. The highest BCUT2D eigenvalue weighted by Crippen LogP contribution is 2.33. The zero-order valence-electron chi connectivity index (χ0n) is 11.1. The second-order valence-electron chi connectivity index (χ2n) is 4.28. The lowest BCUT2D eigenvalue weighted by Crippen LogP contribution is -2.13. The molecule has 0 aliphatic carbocycles. The quantitative estimate of drug-likeness (QED) is 0.711. The van der Waals surface area contributed by atoms with Crippen LogP contribution >= 0.6 is 11.8 Å². The predicted molar refractivity (Wildman–Crippen MR) is 73.4 cm³/mol. The number of aryl methyl sites for hydroxylation is 1. The molecule has 2 N–H and O–H groups in total. The van der Waals surface area contributed by atoms with E-state index in [0.29, 0.717) is 21.1 Å². The molecule has 0 spiro atoms. The third-order valence-electron chi connectivity index (χ3n) is 2.98. The summed E-state index contributed by atoms with van der Waals surface area (Å²) >= 11 is 1.08. The number of pyridine rings is 1. The van der Waals surface area contributed by atoms with E-state index in [1.165, 1.54) is 10.8 Å². The van der Waals surface area contributed by atoms with Crippen LogP contribution in [0.25, 0.3) is 11.0 Å². The van der Waals surface area contributed by atoms with E-state index >= 15 is 0 Å². The summed E-state index contributed by atoms with van der Waals surface area (Å²) in [4.78, 5) is 27.3. The number of carboxylic acids is 1. The van der Waals surface area contributed by atoms with Gasteiger partial charge in [0.15, 0.2) is 10.8 Å². The molecule has 10 heteroatoms. The molecule has 9 nitrogen and oxygen atoms in total. The van der Waals surface area contributed by atoms with Gasteiger partial charge in [0.2, 0.25) is 0 Å². The van der Waals surface area contributed by atoms with Crippen LogP contribution in [0.5, 0.6) is 0 Å². The molecular weight excluding hydrogens is 296 g/mol. The second kappa shape index (κ2) is 4.74. The van der Waals surface area contributed by atoms with Crippen LogP contribution in [0.4, 0.5) is 0 Å². The first-order valence-corrected chi connectivity index (χ1v) is 6.64. The number of aromatic amines is 1. The first-order chi connectivity index (χ1) is 9.99. The topological polar surface area (TPSA) is 119 Å². The van der Waals surface area contributed by atoms with Crippen LogP contribution in [0.3, 0.4) is 0 Å². The molecule has 0 bridgehead atoms. The van der Waals surface area contributed by atoms with Crippen molar-refractivity contribution in [2.75, 3.05) is 0 Å². The summed E-state index contributed by atoms with van der Waals surface area (Å²) in [7, 11) is 3.27. The highest BCUT2D eigenvalue weighted by Gasteiger charge is 2.20. The Morgan fingerprint density at radius 1 is 1.38 bits per heavy atom. The van der Waals surface area contributed by atoms with Gasteiger partial charge in [-0.05, 0) is 11.8 Å². The van der Waals surface area contributed by atoms with E-state index in [2.05, 4.69) is 20.3 Å². The largest absolute Gasteiger partial charge is 0.478 e. The Balaban J connectivity index is 2.23. The number of H-pyrrole nitrogens is 1. The fourth-order valence-corrected chi connectivity index (χ4v) is 2.85. The van der Waals surface area contributed by atoms with Crippen LogP contribution in [0, 0.1) is 0 Å². The van der Waals surface area contributed by atoms with Gasteiger partial charge in [-0.3, -0.25) is 9.25 Å². The Labute approximate surface area is 121 Å². The van der Waals surface area contributed by atoms with Crippen molar-refractivity contribution in [1.29, 1.82) is 0 Å². The average Bonchev–Trinajstić information content (AvgIpc) is 2.97. The highest BCUT2D eigenvalue weighted by atomic mass is 32.2. The van der Waals surface area contributed by atoms with Gasteiger partial charge in [-0.2, -0.15) is 5.10 Å². The number of nitrogens with one attached hydrogen (secondary N) is 1. The van der Waals surface area contributed by atoms with E-state index in [9.17, 15) is 14.7 Å². The Morgan fingerprint density at radius 3 is 2.76 bits per heavy atom. The fraction of sp³-hybridized carbons (Fsp3) is 0.182. The number of rotatable bonds is 3. The average molecular weight is 306 g/mol. The van der Waals surface area contributed by atoms with Crippen molar-refractivity contribution in [2.45, 2.75) is 10.1 Å². The third kappa shape index (κ3) is 2.09. The first kappa shape index (κ1) is 13.4. The van der Waals surface area contributed by atoms with Gasteiger partial charge < -0.3 is 5.11 Å². The molecule has 0 aliphatic heterocycles. The molecule has 108 valence electrons. The summed E-state index contributed by atoms with van der Waals surface area (Å²) in [6.07, 6.45) is 2.82. The molecular formula is C11H10N6O3S. The van der Waals surface area contributed by atoms with Crippen molar-refractivity contribution < 1.29 is 9.90 Å². The van der Waals surface area contributed by atoms with Crippen LogP contribution in [0.1, 0.15) is 10.4 Å². The molecule has 3 rings (SSSR count). The van der Waals surface area contributed by atoms with E-state index in [1.807, 2.05) is 0 Å². The molecule has 0 saturated heterocycles. The minimum absolute atomic E-state index is 0.0379. The van der Waals surface area contributed by atoms with Gasteiger partial charge >= 0.3 is 11.7 Å². The normalized spacial score (nSPS) is 11.1. The third-order valence-corrected chi connectivity index (χ3v) is 4.17. The van der Waals surface area contributed by atoms with Gasteiger partial charge in [0, 0.05) is 25.2 Å². The van der Waals surface area contributed by atoms with Gasteiger partial charge in [0.05, 0.1) is 17.1 Å². The van der Waals surface area contributed by atoms with Crippen LogP contribution in [-0.2, 0) is 14.1 Å². The molecule has 0 saturated carbocycles. The van der Waals surface area contributed by atoms with E-state index in [-0.39, 0.29) is 11.3 Å². The number of carboxylic acid groups (broad SMARTS) is 1. The molecule has 3 aromatic rings. The number of aromatic carboxylic acids is 1. The number of aromatic nitrogens is 6. The molecule has 0 aromatic carbocycles. The second-order valence-corrected chi connectivity index (χ2v) is 5.26. The summed E-state index contributed by atoms with van der Waals surface area (Å²) in [6, 6.07) is 0. The van der Waals surface area contributed by atoms with Crippen LogP contribution in [0.15, 0.2) is 27.2 Å². The zero-order chi connectivity index (χ0) is 15.1. The molecule has 3 heterocycles. The first-order valence-electron chi connectivity index (χ1n) is 5.82. The molecule has 0 aliphatic rings. The minimum Gasteiger partial charge on any atom is -0.478 e. The van der Waals surface area contributed by atoms with E-state index in [4.69, 9.17) is 0 Å². The van der Waals surface area contributed by atoms with E-state index in [0.717, 1.165) is 11.8 Å². The van der Waals surface area contributed by atoms with E-state index < -0.39 is 5.97 Å². The molecule has 21 heavy (non-hydrogen) atoms. The summed E-state index contributed by atoms with van der Waals surface area (Å²) in [6.45, 7) is 0. The van der Waals surface area contributed by atoms with Crippen LogP contribution in [0.2, 0.25) is 0 Å². The number of hydrogen-bond donors (Lipinski definition) is 2. The lowest BCUT2D eigenvalue weighted by molar-refractivity contribution is 0.0693. The Hall–Kier alpha value is -2.62. The summed E-state index contributed by atoms with van der Waals surface area (Å²) in [5, 5.41) is 20.5. The maximum atomic E-state index is 11.4. The molecule has 0 unspecified atom stereocenters. The Kier molecular flexibility index (Phi) is 3.01. The van der Waals surface area contributed by atoms with Gasteiger partial charge in [-0.25, -0.2) is 19.7 Å². The minimum atomic E-state index is -1.10. The fourth-order valence-electron chi connectivity index (χ4n) is 1.85. The number of carbonyl (C=O) groups is 1. The zero-order valence-corrected chi connectivity index (χ0v) is 11.9. The Bertz CT molecular complexity index is 908. The highest BCUT2D eigenvalue weighted by molar-refractivity contribution is 7.99. The SMILES string of the molecule is Cn1c(Sc2c(C(=O)O)cnc3c2cnn3C)n[nH]c1=O. The number of nitrogens with zero attached hydrogens (tertiary/aromatic N) is 5. The van der Waals surface area contributed by atoms with Crippen molar-refractivity contribution in [1.82, 2.24) is 29.5 Å². The van der Waals surface area contributed by atoms with Crippen molar-refractivity contribution in [3.8, 4) is 0 Å². The van der Waals surface area contributed by atoms with Crippen molar-refractivity contribution in [3.63, 3.8) is 0 Å². The van der Waals surface area contributed by atoms with Gasteiger partial charge in [-0.15, -0.1) is 5.10 Å². The Morgan fingerprint density at radius 2 is 2.14 bits per heavy atom. The van der Waals surface area contributed by atoms with Gasteiger partial charge in [0.1, 0.15) is 0 Å². The van der Waals surface area contributed by atoms with Gasteiger partial charge in [-0.1, -0.05) is 0 Å². The smallest absolute Gasteiger partial charge is 0.343 e. The van der Waals surface area contributed by atoms with Crippen molar-refractivity contribution in [3.05, 3.63) is 28.4 Å². The predicted octanol–water partition coefficient (Wildman–Crippen LogP) is 0.240. The van der Waals surface area contributed by atoms with Crippen LogP contribution < -0.4 is 5.69 Å². The molecule has 0 fully saturated rings. The number of hydrogen-bond acceptors (Lipinski definition) is 6. The maximum absolute atomic E-state index is 11.4. The standard InChI is InChI=1S/C11H10N6O3S/c1-16-10(20)14-15-11(16)21-7-5-4-13-17(2)8(5)12-3-6(7)9(18)19/h3-4H,1-2H3,(H,14,20)(H,18,19). The molecule has 0 amide bonds. The number of fused-ring (bicyclic) bond motifs is 1. The summed E-state index contributed by atoms with van der Waals surface area (Å²) in [5.74, 6) is -1.10.